The number of aromatic nitrogens is 2. The zero-order valence-corrected chi connectivity index (χ0v) is 10.5. The molecule has 0 fully saturated rings. The summed E-state index contributed by atoms with van der Waals surface area (Å²) in [5.74, 6) is 1.29. The molecule has 0 aromatic carbocycles. The van der Waals surface area contributed by atoms with E-state index in [0.717, 1.165) is 11.1 Å². The van der Waals surface area contributed by atoms with Crippen molar-refractivity contribution >= 4 is 11.5 Å². The Labute approximate surface area is 106 Å². The Balaban J connectivity index is 2.06. The van der Waals surface area contributed by atoms with Crippen LogP contribution in [-0.2, 0) is 6.54 Å². The van der Waals surface area contributed by atoms with Gasteiger partial charge in [-0.05, 0) is 30.2 Å². The van der Waals surface area contributed by atoms with Gasteiger partial charge in [0.2, 0.25) is 5.88 Å². The molecule has 5 nitrogen and oxygen atoms in total. The normalized spacial score (nSPS) is 10.1. The molecule has 0 amide bonds. The Hall–Kier alpha value is -2.30. The van der Waals surface area contributed by atoms with E-state index in [-0.39, 0.29) is 0 Å². The zero-order chi connectivity index (χ0) is 13.0. The van der Waals surface area contributed by atoms with Crippen molar-refractivity contribution in [2.45, 2.75) is 13.5 Å². The molecule has 0 aliphatic carbocycles. The maximum absolute atomic E-state index is 5.88. The monoisotopic (exact) mass is 244 g/mol. The molecule has 18 heavy (non-hydrogen) atoms. The number of ether oxygens (including phenoxy) is 1. The average molecular weight is 244 g/mol. The molecule has 0 aliphatic heterocycles. The van der Waals surface area contributed by atoms with Gasteiger partial charge >= 0.3 is 0 Å². The summed E-state index contributed by atoms with van der Waals surface area (Å²) in [6.07, 6.45) is 3.49. The van der Waals surface area contributed by atoms with Crippen molar-refractivity contribution in [2.75, 3.05) is 18.2 Å². The first-order chi connectivity index (χ1) is 8.69. The standard InChI is InChI=1S/C13H16N4O/c1-9-5-11(14)13(16-7-9)17-8-10-3-4-15-12(6-10)18-2/h3-7H,8,14H2,1-2H3,(H,16,17). The maximum Gasteiger partial charge on any atom is 0.213 e. The Morgan fingerprint density at radius 1 is 1.33 bits per heavy atom. The predicted molar refractivity (Wildman–Crippen MR) is 71.5 cm³/mol. The molecule has 2 rings (SSSR count). The molecule has 0 unspecified atom stereocenters. The van der Waals surface area contributed by atoms with E-state index >= 15 is 0 Å². The third-order valence-corrected chi connectivity index (χ3v) is 2.52. The van der Waals surface area contributed by atoms with Gasteiger partial charge in [0, 0.05) is 25.0 Å². The number of nitrogens with one attached hydrogen (secondary N) is 1. The van der Waals surface area contributed by atoms with Crippen molar-refractivity contribution in [3.8, 4) is 5.88 Å². The molecule has 5 heteroatoms. The molecular weight excluding hydrogens is 228 g/mol. The highest BCUT2D eigenvalue weighted by Gasteiger charge is 2.02. The fourth-order valence-electron chi connectivity index (χ4n) is 1.60. The minimum atomic E-state index is 0.596. The second-order valence-electron chi connectivity index (χ2n) is 4.01. The van der Waals surface area contributed by atoms with Gasteiger partial charge in [-0.25, -0.2) is 9.97 Å². The Morgan fingerprint density at radius 2 is 2.17 bits per heavy atom. The van der Waals surface area contributed by atoms with Gasteiger partial charge in [0.1, 0.15) is 5.82 Å². The number of anilines is 2. The van der Waals surface area contributed by atoms with Crippen molar-refractivity contribution in [1.29, 1.82) is 0 Å². The first-order valence-electron chi connectivity index (χ1n) is 5.64. The smallest absolute Gasteiger partial charge is 0.213 e. The number of methoxy groups -OCH3 is 1. The summed E-state index contributed by atoms with van der Waals surface area (Å²) < 4.78 is 5.07. The highest BCUT2D eigenvalue weighted by Crippen LogP contribution is 2.17. The van der Waals surface area contributed by atoms with Crippen LogP contribution in [-0.4, -0.2) is 17.1 Å². The fraction of sp³-hybridized carbons (Fsp3) is 0.231. The van der Waals surface area contributed by atoms with E-state index in [1.54, 1.807) is 19.5 Å². The molecule has 0 atom stereocenters. The molecule has 0 spiro atoms. The number of nitrogen functional groups attached to an aromatic ring is 1. The van der Waals surface area contributed by atoms with Crippen LogP contribution in [0.2, 0.25) is 0 Å². The van der Waals surface area contributed by atoms with Crippen LogP contribution in [0.5, 0.6) is 5.88 Å². The molecule has 2 heterocycles. The third kappa shape index (κ3) is 2.88. The second-order valence-corrected chi connectivity index (χ2v) is 4.01. The Morgan fingerprint density at radius 3 is 2.89 bits per heavy atom. The summed E-state index contributed by atoms with van der Waals surface area (Å²) in [6, 6.07) is 5.68. The molecule has 0 saturated carbocycles. The summed E-state index contributed by atoms with van der Waals surface area (Å²) in [4.78, 5) is 8.30. The van der Waals surface area contributed by atoms with Gasteiger partial charge in [-0.1, -0.05) is 0 Å². The van der Waals surface area contributed by atoms with Crippen molar-refractivity contribution in [1.82, 2.24) is 9.97 Å². The molecule has 0 radical (unpaired) electrons. The van der Waals surface area contributed by atoms with E-state index in [1.807, 2.05) is 25.1 Å². The zero-order valence-electron chi connectivity index (χ0n) is 10.5. The van der Waals surface area contributed by atoms with E-state index in [4.69, 9.17) is 10.5 Å². The van der Waals surface area contributed by atoms with Crippen molar-refractivity contribution < 1.29 is 4.74 Å². The predicted octanol–water partition coefficient (Wildman–Crippen LogP) is 1.99. The van der Waals surface area contributed by atoms with Crippen LogP contribution in [0.3, 0.4) is 0 Å². The number of pyridine rings is 2. The third-order valence-electron chi connectivity index (χ3n) is 2.52. The Bertz CT molecular complexity index is 542. The minimum absolute atomic E-state index is 0.596. The van der Waals surface area contributed by atoms with Crippen LogP contribution >= 0.6 is 0 Å². The number of nitrogens with two attached hydrogens (primary N) is 1. The van der Waals surface area contributed by atoms with Gasteiger partial charge in [-0.3, -0.25) is 0 Å². The first-order valence-corrected chi connectivity index (χ1v) is 5.64. The number of hydrogen-bond donors (Lipinski definition) is 2. The molecule has 0 saturated heterocycles. The van der Waals surface area contributed by atoms with E-state index in [2.05, 4.69) is 15.3 Å². The van der Waals surface area contributed by atoms with E-state index < -0.39 is 0 Å². The van der Waals surface area contributed by atoms with Crippen molar-refractivity contribution in [3.05, 3.63) is 41.7 Å². The quantitative estimate of drug-likeness (QED) is 0.860. The largest absolute Gasteiger partial charge is 0.481 e. The Kier molecular flexibility index (Phi) is 3.62. The molecule has 0 aliphatic rings. The summed E-state index contributed by atoms with van der Waals surface area (Å²) >= 11 is 0. The van der Waals surface area contributed by atoms with Gasteiger partial charge in [-0.15, -0.1) is 0 Å². The van der Waals surface area contributed by atoms with Crippen molar-refractivity contribution in [3.63, 3.8) is 0 Å². The molecule has 94 valence electrons. The van der Waals surface area contributed by atoms with Gasteiger partial charge in [0.05, 0.1) is 12.8 Å². The molecular formula is C13H16N4O. The van der Waals surface area contributed by atoms with Gasteiger partial charge < -0.3 is 15.8 Å². The van der Waals surface area contributed by atoms with Crippen LogP contribution < -0.4 is 15.8 Å². The van der Waals surface area contributed by atoms with Crippen molar-refractivity contribution in [2.24, 2.45) is 0 Å². The topological polar surface area (TPSA) is 73.1 Å². The molecule has 2 aromatic rings. The summed E-state index contributed by atoms with van der Waals surface area (Å²) in [5, 5.41) is 3.19. The SMILES string of the molecule is COc1cc(CNc2ncc(C)cc2N)ccn1. The lowest BCUT2D eigenvalue weighted by Gasteiger charge is -2.09. The van der Waals surface area contributed by atoms with Gasteiger partial charge in [-0.2, -0.15) is 0 Å². The lowest BCUT2D eigenvalue weighted by molar-refractivity contribution is 0.397. The van der Waals surface area contributed by atoms with Gasteiger partial charge in [0.15, 0.2) is 0 Å². The van der Waals surface area contributed by atoms with Crippen LogP contribution in [0.4, 0.5) is 11.5 Å². The molecule has 0 bridgehead atoms. The average Bonchev–Trinajstić information content (AvgIpc) is 2.38. The van der Waals surface area contributed by atoms with Crippen LogP contribution in [0.25, 0.3) is 0 Å². The molecule has 2 aromatic heterocycles. The van der Waals surface area contributed by atoms with E-state index in [0.29, 0.717) is 23.9 Å². The number of hydrogen-bond acceptors (Lipinski definition) is 5. The van der Waals surface area contributed by atoms with E-state index in [1.165, 1.54) is 0 Å². The highest BCUT2D eigenvalue weighted by atomic mass is 16.5. The van der Waals surface area contributed by atoms with Gasteiger partial charge in [0.25, 0.3) is 0 Å². The lowest BCUT2D eigenvalue weighted by atomic mass is 10.2. The summed E-state index contributed by atoms with van der Waals surface area (Å²) in [5.41, 5.74) is 8.63. The lowest BCUT2D eigenvalue weighted by Crippen LogP contribution is -2.05. The summed E-state index contributed by atoms with van der Waals surface area (Å²) in [6.45, 7) is 2.58. The van der Waals surface area contributed by atoms with E-state index in [9.17, 15) is 0 Å². The van der Waals surface area contributed by atoms with Crippen LogP contribution in [0.1, 0.15) is 11.1 Å². The molecule has 3 N–H and O–H groups in total. The second kappa shape index (κ2) is 5.35. The van der Waals surface area contributed by atoms with Crippen LogP contribution in [0.15, 0.2) is 30.6 Å². The van der Waals surface area contributed by atoms with Crippen LogP contribution in [0, 0.1) is 6.92 Å². The fourth-order valence-corrected chi connectivity index (χ4v) is 1.60. The number of nitrogens with zero attached hydrogens (tertiary/aromatic N) is 2. The number of rotatable bonds is 4. The minimum Gasteiger partial charge on any atom is -0.481 e. The summed E-state index contributed by atoms with van der Waals surface area (Å²) in [7, 11) is 1.60. The number of aryl methyl sites for hydroxylation is 1. The maximum atomic E-state index is 5.88. The highest BCUT2D eigenvalue weighted by molar-refractivity contribution is 5.61. The first kappa shape index (κ1) is 12.2.